The first-order chi connectivity index (χ1) is 12.3. The summed E-state index contributed by atoms with van der Waals surface area (Å²) < 4.78 is 40.0. The van der Waals surface area contributed by atoms with Gasteiger partial charge in [0, 0.05) is 29.5 Å². The minimum atomic E-state index is -4.45. The zero-order valence-corrected chi connectivity index (χ0v) is 13.6. The van der Waals surface area contributed by atoms with Crippen molar-refractivity contribution >= 4 is 33.4 Å². The zero-order valence-electron chi connectivity index (χ0n) is 13.6. The lowest BCUT2D eigenvalue weighted by Crippen LogP contribution is -2.13. The van der Waals surface area contributed by atoms with E-state index in [9.17, 15) is 18.0 Å². The van der Waals surface area contributed by atoms with Crippen LogP contribution in [0, 0.1) is 0 Å². The number of fused-ring (bicyclic) bond motifs is 2. The van der Waals surface area contributed by atoms with Crippen LogP contribution >= 0.6 is 0 Å². The largest absolute Gasteiger partial charge is 0.416 e. The van der Waals surface area contributed by atoms with Crippen LogP contribution in [0.5, 0.6) is 0 Å². The number of H-pyrrole nitrogens is 1. The summed E-state index contributed by atoms with van der Waals surface area (Å²) in [6.07, 6.45) is -2.79. The minimum Gasteiger partial charge on any atom is -0.359 e. The molecule has 2 aromatic heterocycles. The maximum atomic E-state index is 12.9. The Kier molecular flexibility index (Phi) is 3.50. The Morgan fingerprint density at radius 2 is 1.92 bits per heavy atom. The lowest BCUT2D eigenvalue weighted by molar-refractivity contribution is -0.137. The molecule has 0 saturated heterocycles. The Labute approximate surface area is 145 Å². The number of halogens is 3. The summed E-state index contributed by atoms with van der Waals surface area (Å²) >= 11 is 0. The molecule has 0 fully saturated rings. The second-order valence-electron chi connectivity index (χ2n) is 5.90. The van der Waals surface area contributed by atoms with Crippen molar-refractivity contribution in [3.05, 3.63) is 59.9 Å². The Balaban J connectivity index is 1.73. The highest BCUT2D eigenvalue weighted by Gasteiger charge is 2.31. The van der Waals surface area contributed by atoms with E-state index in [4.69, 9.17) is 0 Å². The fourth-order valence-electron chi connectivity index (χ4n) is 2.96. The smallest absolute Gasteiger partial charge is 0.359 e. The van der Waals surface area contributed by atoms with Crippen LogP contribution in [0.1, 0.15) is 16.1 Å². The number of aromatic nitrogens is 3. The third kappa shape index (κ3) is 2.59. The molecule has 2 aromatic carbocycles. The van der Waals surface area contributed by atoms with Gasteiger partial charge in [-0.25, -0.2) is 0 Å². The van der Waals surface area contributed by atoms with Gasteiger partial charge >= 0.3 is 6.18 Å². The number of carbonyl (C=O) groups excluding carboxylic acids is 1. The molecule has 0 bridgehead atoms. The van der Waals surface area contributed by atoms with Crippen molar-refractivity contribution in [1.29, 1.82) is 0 Å². The van der Waals surface area contributed by atoms with Crippen molar-refractivity contribution in [3.8, 4) is 0 Å². The molecule has 5 nitrogen and oxygen atoms in total. The molecule has 0 aliphatic heterocycles. The molecule has 0 aliphatic carbocycles. The summed E-state index contributed by atoms with van der Waals surface area (Å²) in [4.78, 5) is 15.7. The Morgan fingerprint density at radius 1 is 1.15 bits per heavy atom. The average molecular weight is 358 g/mol. The van der Waals surface area contributed by atoms with Gasteiger partial charge in [0.05, 0.1) is 16.8 Å². The number of alkyl halides is 3. The molecular formula is C18H13F3N4O. The molecule has 2 heterocycles. The van der Waals surface area contributed by atoms with Crippen LogP contribution in [0.4, 0.5) is 18.9 Å². The van der Waals surface area contributed by atoms with Gasteiger partial charge in [0.1, 0.15) is 0 Å². The number of aryl methyl sites for hydroxylation is 1. The van der Waals surface area contributed by atoms with Gasteiger partial charge in [-0.15, -0.1) is 0 Å². The highest BCUT2D eigenvalue weighted by atomic mass is 19.4. The molecule has 0 aliphatic rings. The van der Waals surface area contributed by atoms with E-state index < -0.39 is 17.6 Å². The first-order valence-electron chi connectivity index (χ1n) is 7.76. The van der Waals surface area contributed by atoms with Crippen LogP contribution in [-0.4, -0.2) is 20.7 Å². The number of hydrogen-bond donors (Lipinski definition) is 2. The predicted molar refractivity (Wildman–Crippen MR) is 92.0 cm³/mol. The van der Waals surface area contributed by atoms with E-state index >= 15 is 0 Å². The molecule has 2 N–H and O–H groups in total. The highest BCUT2D eigenvalue weighted by Crippen LogP contribution is 2.32. The SMILES string of the molecule is Cn1nc(C(=O)Nc2c[nH]c3ccccc23)c2ccc(C(F)(F)F)cc21. The third-order valence-corrected chi connectivity index (χ3v) is 4.23. The van der Waals surface area contributed by atoms with Gasteiger partial charge in [0.2, 0.25) is 0 Å². The van der Waals surface area contributed by atoms with Crippen molar-refractivity contribution in [2.45, 2.75) is 6.18 Å². The maximum absolute atomic E-state index is 12.9. The van der Waals surface area contributed by atoms with E-state index in [0.29, 0.717) is 11.1 Å². The van der Waals surface area contributed by atoms with E-state index in [1.54, 1.807) is 6.20 Å². The molecule has 132 valence electrons. The molecule has 8 heteroatoms. The summed E-state index contributed by atoms with van der Waals surface area (Å²) in [5.41, 5.74) is 0.974. The lowest BCUT2D eigenvalue weighted by atomic mass is 10.1. The van der Waals surface area contributed by atoms with E-state index in [2.05, 4.69) is 15.4 Å². The van der Waals surface area contributed by atoms with Crippen molar-refractivity contribution in [2.24, 2.45) is 7.05 Å². The quantitative estimate of drug-likeness (QED) is 0.560. The first-order valence-corrected chi connectivity index (χ1v) is 7.76. The van der Waals surface area contributed by atoms with Crippen molar-refractivity contribution in [3.63, 3.8) is 0 Å². The van der Waals surface area contributed by atoms with Crippen LogP contribution in [0.15, 0.2) is 48.7 Å². The molecule has 0 spiro atoms. The minimum absolute atomic E-state index is 0.0708. The van der Waals surface area contributed by atoms with Gasteiger partial charge in [-0.3, -0.25) is 9.48 Å². The van der Waals surface area contributed by atoms with Crippen LogP contribution in [0.25, 0.3) is 21.8 Å². The van der Waals surface area contributed by atoms with Crippen molar-refractivity contribution < 1.29 is 18.0 Å². The van der Waals surface area contributed by atoms with Crippen LogP contribution in [-0.2, 0) is 13.2 Å². The maximum Gasteiger partial charge on any atom is 0.416 e. The highest BCUT2D eigenvalue weighted by molar-refractivity contribution is 6.13. The number of carbonyl (C=O) groups is 1. The van der Waals surface area contributed by atoms with E-state index in [-0.39, 0.29) is 11.2 Å². The molecular weight excluding hydrogens is 345 g/mol. The van der Waals surface area contributed by atoms with Gasteiger partial charge in [0.25, 0.3) is 5.91 Å². The van der Waals surface area contributed by atoms with Gasteiger partial charge in [-0.05, 0) is 24.3 Å². The van der Waals surface area contributed by atoms with Crippen LogP contribution < -0.4 is 5.32 Å². The number of nitrogens with zero attached hydrogens (tertiary/aromatic N) is 2. The van der Waals surface area contributed by atoms with Crippen molar-refractivity contribution in [2.75, 3.05) is 5.32 Å². The summed E-state index contributed by atoms with van der Waals surface area (Å²) in [5, 5.41) is 8.06. The molecule has 0 unspecified atom stereocenters. The Hall–Kier alpha value is -3.29. The van der Waals surface area contributed by atoms with E-state index in [1.165, 1.54) is 17.8 Å². The van der Waals surface area contributed by atoms with Crippen molar-refractivity contribution in [1.82, 2.24) is 14.8 Å². The molecule has 26 heavy (non-hydrogen) atoms. The molecule has 0 radical (unpaired) electrons. The Bertz CT molecular complexity index is 1140. The van der Waals surface area contributed by atoms with Crippen LogP contribution in [0.3, 0.4) is 0 Å². The normalized spacial score (nSPS) is 12.0. The number of para-hydroxylation sites is 1. The molecule has 0 atom stereocenters. The summed E-state index contributed by atoms with van der Waals surface area (Å²) in [5.74, 6) is -0.486. The summed E-state index contributed by atoms with van der Waals surface area (Å²) in [7, 11) is 1.50. The second-order valence-corrected chi connectivity index (χ2v) is 5.90. The standard InChI is InChI=1S/C18H13F3N4O/c1-25-15-8-10(18(19,20)21)6-7-12(15)16(24-25)17(26)23-14-9-22-13-5-3-2-4-11(13)14/h2-9,22H,1H3,(H,23,26). The number of rotatable bonds is 2. The molecule has 0 saturated carbocycles. The monoisotopic (exact) mass is 358 g/mol. The topological polar surface area (TPSA) is 62.7 Å². The number of hydrogen-bond acceptors (Lipinski definition) is 2. The summed E-state index contributed by atoms with van der Waals surface area (Å²) in [6, 6.07) is 10.7. The predicted octanol–water partition coefficient (Wildman–Crippen LogP) is 4.33. The Morgan fingerprint density at radius 3 is 2.69 bits per heavy atom. The number of aromatic amines is 1. The van der Waals surface area contributed by atoms with Gasteiger partial charge < -0.3 is 10.3 Å². The molecule has 1 amide bonds. The van der Waals surface area contributed by atoms with Crippen LogP contribution in [0.2, 0.25) is 0 Å². The average Bonchev–Trinajstić information content (AvgIpc) is 3.16. The number of amides is 1. The van der Waals surface area contributed by atoms with E-state index in [0.717, 1.165) is 23.0 Å². The number of anilines is 1. The van der Waals surface area contributed by atoms with E-state index in [1.807, 2.05) is 24.3 Å². The fourth-order valence-corrected chi connectivity index (χ4v) is 2.96. The molecule has 4 aromatic rings. The summed E-state index contributed by atoms with van der Waals surface area (Å²) in [6.45, 7) is 0. The molecule has 4 rings (SSSR count). The van der Waals surface area contributed by atoms with Gasteiger partial charge in [-0.1, -0.05) is 18.2 Å². The fraction of sp³-hybridized carbons (Fsp3) is 0.111. The third-order valence-electron chi connectivity index (χ3n) is 4.23. The number of nitrogens with one attached hydrogen (secondary N) is 2. The van der Waals surface area contributed by atoms with Gasteiger partial charge in [-0.2, -0.15) is 18.3 Å². The second kappa shape index (κ2) is 5.62. The van der Waals surface area contributed by atoms with Gasteiger partial charge in [0.15, 0.2) is 5.69 Å². The number of benzene rings is 2. The zero-order chi connectivity index (χ0) is 18.5. The lowest BCUT2D eigenvalue weighted by Gasteiger charge is -2.06. The first kappa shape index (κ1) is 16.2.